The van der Waals surface area contributed by atoms with Crippen molar-refractivity contribution in [3.63, 3.8) is 0 Å². The Morgan fingerprint density at radius 1 is 1.78 bits per heavy atom. The van der Waals surface area contributed by atoms with Crippen molar-refractivity contribution in [1.82, 2.24) is 4.98 Å². The van der Waals surface area contributed by atoms with Crippen molar-refractivity contribution < 1.29 is 5.11 Å². The van der Waals surface area contributed by atoms with Gasteiger partial charge in [0.15, 0.2) is 3.95 Å². The van der Waals surface area contributed by atoms with E-state index in [0.717, 1.165) is 8.83 Å². The van der Waals surface area contributed by atoms with E-state index < -0.39 is 0 Å². The summed E-state index contributed by atoms with van der Waals surface area (Å²) in [7, 11) is 0. The zero-order valence-corrected chi connectivity index (χ0v) is 6.39. The normalized spacial score (nSPS) is 9.89. The monoisotopic (exact) mass is 161 g/mol. The molecule has 1 rings (SSSR count). The Hall–Kier alpha value is -0.190. The summed E-state index contributed by atoms with van der Waals surface area (Å²) in [6, 6.07) is 0. The number of aliphatic hydroxyl groups excluding tert-OH is 1. The summed E-state index contributed by atoms with van der Waals surface area (Å²) in [5.41, 5.74) is 0. The molecule has 9 heavy (non-hydrogen) atoms. The Bertz CT molecular complexity index is 227. The van der Waals surface area contributed by atoms with Gasteiger partial charge >= 0.3 is 0 Å². The lowest BCUT2D eigenvalue weighted by Gasteiger charge is -1.84. The summed E-state index contributed by atoms with van der Waals surface area (Å²) in [6.07, 6.45) is 2.54. The molecule has 0 aliphatic heterocycles. The van der Waals surface area contributed by atoms with Crippen molar-refractivity contribution in [1.29, 1.82) is 0 Å². The molecule has 50 valence electrons. The molecule has 0 radical (unpaired) electrons. The molecule has 1 aromatic rings. The molecule has 0 aliphatic carbocycles. The van der Waals surface area contributed by atoms with Gasteiger partial charge in [0.25, 0.3) is 0 Å². The molecule has 0 unspecified atom stereocenters. The third kappa shape index (κ3) is 1.89. The molecule has 0 saturated carbocycles. The fourth-order valence-corrected chi connectivity index (χ4v) is 1.60. The lowest BCUT2D eigenvalue weighted by molar-refractivity contribution is 0.300. The van der Waals surface area contributed by atoms with Gasteiger partial charge in [-0.2, -0.15) is 0 Å². The molecule has 2 N–H and O–H groups in total. The summed E-state index contributed by atoms with van der Waals surface area (Å²) in [4.78, 5) is 3.99. The number of hydrogen-bond acceptors (Lipinski definition) is 3. The molecule has 0 saturated heterocycles. The van der Waals surface area contributed by atoms with Crippen LogP contribution in [0.25, 0.3) is 0 Å². The minimum absolute atomic E-state index is 0.198. The van der Waals surface area contributed by atoms with Crippen LogP contribution >= 0.6 is 23.6 Å². The van der Waals surface area contributed by atoms with Gasteiger partial charge in [-0.25, -0.2) is 0 Å². The highest BCUT2D eigenvalue weighted by molar-refractivity contribution is 7.73. The van der Waals surface area contributed by atoms with E-state index in [9.17, 15) is 0 Å². The van der Waals surface area contributed by atoms with Crippen molar-refractivity contribution in [2.45, 2.75) is 6.42 Å². The summed E-state index contributed by atoms with van der Waals surface area (Å²) >= 11 is 6.34. The van der Waals surface area contributed by atoms with Crippen molar-refractivity contribution in [3.05, 3.63) is 15.0 Å². The van der Waals surface area contributed by atoms with Gasteiger partial charge < -0.3 is 10.1 Å². The van der Waals surface area contributed by atoms with Crippen LogP contribution in [0.1, 0.15) is 4.88 Å². The van der Waals surface area contributed by atoms with Crippen LogP contribution in [0.4, 0.5) is 0 Å². The smallest absolute Gasteiger partial charge is 0.158 e. The van der Waals surface area contributed by atoms with E-state index in [1.54, 1.807) is 0 Å². The Morgan fingerprint density at radius 3 is 3.00 bits per heavy atom. The topological polar surface area (TPSA) is 36.0 Å². The number of aliphatic hydroxyl groups is 1. The van der Waals surface area contributed by atoms with Crippen molar-refractivity contribution in [3.8, 4) is 0 Å². The molecule has 0 aromatic carbocycles. The van der Waals surface area contributed by atoms with E-state index in [1.807, 2.05) is 6.20 Å². The van der Waals surface area contributed by atoms with Crippen LogP contribution in [0.15, 0.2) is 6.20 Å². The molecular weight excluding hydrogens is 154 g/mol. The number of nitrogens with one attached hydrogen (secondary N) is 1. The highest BCUT2D eigenvalue weighted by Gasteiger charge is 1.91. The van der Waals surface area contributed by atoms with E-state index >= 15 is 0 Å². The number of hydrogen-bond donors (Lipinski definition) is 2. The minimum atomic E-state index is 0.198. The fourth-order valence-electron chi connectivity index (χ4n) is 0.551. The molecule has 0 amide bonds. The molecule has 0 atom stereocenters. The number of H-pyrrole nitrogens is 1. The first kappa shape index (κ1) is 6.92. The maximum Gasteiger partial charge on any atom is 0.158 e. The van der Waals surface area contributed by atoms with E-state index in [2.05, 4.69) is 4.98 Å². The van der Waals surface area contributed by atoms with Gasteiger partial charge in [0.2, 0.25) is 0 Å². The zero-order valence-electron chi connectivity index (χ0n) is 4.76. The maximum absolute atomic E-state index is 8.49. The van der Waals surface area contributed by atoms with E-state index in [1.165, 1.54) is 11.3 Å². The average Bonchev–Trinajstić information content (AvgIpc) is 2.17. The Morgan fingerprint density at radius 2 is 2.56 bits per heavy atom. The van der Waals surface area contributed by atoms with E-state index in [4.69, 9.17) is 17.3 Å². The number of rotatable bonds is 2. The first-order valence-corrected chi connectivity index (χ1v) is 3.83. The van der Waals surface area contributed by atoms with Gasteiger partial charge in [-0.15, -0.1) is 11.3 Å². The first-order chi connectivity index (χ1) is 4.33. The van der Waals surface area contributed by atoms with Crippen LogP contribution in [-0.4, -0.2) is 16.7 Å². The highest BCUT2D eigenvalue weighted by atomic mass is 32.1. The third-order valence-corrected chi connectivity index (χ3v) is 2.19. The second-order valence-corrected chi connectivity index (χ2v) is 3.42. The van der Waals surface area contributed by atoms with Gasteiger partial charge in [-0.1, -0.05) is 0 Å². The summed E-state index contributed by atoms with van der Waals surface area (Å²) in [5.74, 6) is 0. The molecular formula is C5H7NOS2. The summed E-state index contributed by atoms with van der Waals surface area (Å²) < 4.78 is 0.776. The van der Waals surface area contributed by atoms with E-state index in [0.29, 0.717) is 6.42 Å². The maximum atomic E-state index is 8.49. The fraction of sp³-hybridized carbons (Fsp3) is 0.400. The lowest BCUT2D eigenvalue weighted by Crippen LogP contribution is -1.84. The minimum Gasteiger partial charge on any atom is -0.396 e. The zero-order chi connectivity index (χ0) is 6.69. The molecule has 4 heteroatoms. The average molecular weight is 161 g/mol. The second-order valence-electron chi connectivity index (χ2n) is 1.62. The number of thiazole rings is 1. The summed E-state index contributed by atoms with van der Waals surface area (Å²) in [6.45, 7) is 0.198. The van der Waals surface area contributed by atoms with Gasteiger partial charge in [-0.05, 0) is 12.2 Å². The lowest BCUT2D eigenvalue weighted by atomic mass is 10.4. The quantitative estimate of drug-likeness (QED) is 0.642. The van der Waals surface area contributed by atoms with Crippen molar-refractivity contribution >= 4 is 23.6 Å². The van der Waals surface area contributed by atoms with Crippen molar-refractivity contribution in [2.24, 2.45) is 0 Å². The van der Waals surface area contributed by atoms with Gasteiger partial charge in [-0.3, -0.25) is 0 Å². The standard InChI is InChI=1S/C5H7NOS2/c7-2-1-4-3-6-5(8)9-4/h3,7H,1-2H2,(H,6,8). The molecule has 1 aromatic heterocycles. The van der Waals surface area contributed by atoms with Gasteiger partial charge in [0.05, 0.1) is 0 Å². The van der Waals surface area contributed by atoms with Crippen LogP contribution < -0.4 is 0 Å². The van der Waals surface area contributed by atoms with Crippen molar-refractivity contribution in [2.75, 3.05) is 6.61 Å². The predicted molar refractivity (Wildman–Crippen MR) is 40.3 cm³/mol. The molecule has 2 nitrogen and oxygen atoms in total. The largest absolute Gasteiger partial charge is 0.396 e. The van der Waals surface area contributed by atoms with Gasteiger partial charge in [0.1, 0.15) is 0 Å². The SMILES string of the molecule is OCCc1c[nH]c(=S)s1. The summed E-state index contributed by atoms with van der Waals surface area (Å²) in [5, 5.41) is 8.49. The predicted octanol–water partition coefficient (Wildman–Crippen LogP) is 1.34. The molecule has 0 bridgehead atoms. The van der Waals surface area contributed by atoms with Gasteiger partial charge in [0, 0.05) is 24.1 Å². The number of aromatic nitrogens is 1. The molecule has 0 spiro atoms. The van der Waals surface area contributed by atoms with Crippen LogP contribution in [-0.2, 0) is 6.42 Å². The Balaban J connectivity index is 2.73. The highest BCUT2D eigenvalue weighted by Crippen LogP contribution is 2.07. The first-order valence-electron chi connectivity index (χ1n) is 2.61. The Labute approximate surface area is 62.2 Å². The van der Waals surface area contributed by atoms with Crippen LogP contribution in [0.5, 0.6) is 0 Å². The molecule has 0 fully saturated rings. The van der Waals surface area contributed by atoms with E-state index in [-0.39, 0.29) is 6.61 Å². The van der Waals surface area contributed by atoms with Crippen LogP contribution in [0, 0.1) is 3.95 Å². The molecule has 1 heterocycles. The molecule has 0 aliphatic rings. The Kier molecular flexibility index (Phi) is 2.38. The van der Waals surface area contributed by atoms with Crippen LogP contribution in [0.2, 0.25) is 0 Å². The van der Waals surface area contributed by atoms with Crippen LogP contribution in [0.3, 0.4) is 0 Å². The third-order valence-electron chi connectivity index (χ3n) is 0.933. The number of aromatic amines is 1. The second kappa shape index (κ2) is 3.10.